The lowest BCUT2D eigenvalue weighted by atomic mass is 10.1. The number of rotatable bonds is 6. The molecule has 10 heteroatoms. The molecule has 1 aliphatic heterocycles. The van der Waals surface area contributed by atoms with Crippen molar-refractivity contribution in [2.45, 2.75) is 58.2 Å². The quantitative estimate of drug-likeness (QED) is 0.640. The molecule has 1 saturated heterocycles. The molecular weight excluding hydrogens is 432 g/mol. The van der Waals surface area contributed by atoms with Crippen LogP contribution < -0.4 is 10.6 Å². The lowest BCUT2D eigenvalue weighted by molar-refractivity contribution is -0.133. The molecule has 0 spiro atoms. The van der Waals surface area contributed by atoms with E-state index in [2.05, 4.69) is 15.6 Å². The number of aromatic nitrogens is 1. The molecule has 1 aromatic heterocycles. The van der Waals surface area contributed by atoms with Crippen LogP contribution in [0.1, 0.15) is 50.3 Å². The number of nitrogens with zero attached hydrogens (tertiary/aromatic N) is 2. The maximum atomic E-state index is 13.0. The molecule has 3 amide bonds. The molecule has 0 saturated carbocycles. The summed E-state index contributed by atoms with van der Waals surface area (Å²) in [5, 5.41) is 5.34. The molecule has 2 N–H and O–H groups in total. The number of ketones is 1. The smallest absolute Gasteiger partial charge is 0.408 e. The number of hydrogen-bond donors (Lipinski definition) is 2. The van der Waals surface area contributed by atoms with E-state index < -0.39 is 29.7 Å². The van der Waals surface area contributed by atoms with Crippen molar-refractivity contribution in [3.63, 3.8) is 0 Å². The van der Waals surface area contributed by atoms with Crippen LogP contribution in [0.15, 0.2) is 24.3 Å². The van der Waals surface area contributed by atoms with Gasteiger partial charge in [-0.2, -0.15) is 0 Å². The van der Waals surface area contributed by atoms with Crippen molar-refractivity contribution in [1.82, 2.24) is 20.5 Å². The predicted octanol–water partition coefficient (Wildman–Crippen LogP) is 2.50. The number of alkyl carbamates (subject to hydrolysis) is 1. The Hall–Kier alpha value is -3.01. The molecule has 0 unspecified atom stereocenters. The van der Waals surface area contributed by atoms with Gasteiger partial charge in [0, 0.05) is 6.54 Å². The summed E-state index contributed by atoms with van der Waals surface area (Å²) in [4.78, 5) is 55.7. The van der Waals surface area contributed by atoms with Gasteiger partial charge in [0.25, 0.3) is 0 Å². The minimum atomic E-state index is -0.878. The highest BCUT2D eigenvalue weighted by Crippen LogP contribution is 2.27. The van der Waals surface area contributed by atoms with E-state index in [9.17, 15) is 19.2 Å². The van der Waals surface area contributed by atoms with E-state index in [0.717, 1.165) is 10.2 Å². The highest BCUT2D eigenvalue weighted by Gasteiger charge is 2.36. The van der Waals surface area contributed by atoms with Crippen LogP contribution in [0.3, 0.4) is 0 Å². The number of amides is 3. The summed E-state index contributed by atoms with van der Waals surface area (Å²) < 4.78 is 6.04. The number of carbonyl (C=O) groups excluding carboxylic acids is 4. The first-order valence-electron chi connectivity index (χ1n) is 10.5. The van der Waals surface area contributed by atoms with Crippen LogP contribution in [0.4, 0.5) is 4.79 Å². The molecule has 1 aromatic carbocycles. The first-order valence-corrected chi connectivity index (χ1v) is 11.3. The number of para-hydroxylation sites is 1. The Morgan fingerprint density at radius 3 is 2.66 bits per heavy atom. The van der Waals surface area contributed by atoms with Crippen molar-refractivity contribution in [3.05, 3.63) is 29.3 Å². The van der Waals surface area contributed by atoms with Gasteiger partial charge in [-0.15, -0.1) is 11.3 Å². The fraction of sp³-hybridized carbons (Fsp3) is 0.500. The maximum absolute atomic E-state index is 13.0. The molecule has 3 rings (SSSR count). The van der Waals surface area contributed by atoms with Crippen LogP contribution in [0.2, 0.25) is 0 Å². The van der Waals surface area contributed by atoms with Gasteiger partial charge in [-0.1, -0.05) is 12.1 Å². The van der Waals surface area contributed by atoms with Gasteiger partial charge in [-0.3, -0.25) is 14.4 Å². The van der Waals surface area contributed by atoms with Crippen LogP contribution in [-0.4, -0.2) is 64.3 Å². The molecule has 1 aliphatic rings. The third-order valence-electron chi connectivity index (χ3n) is 4.92. The Morgan fingerprint density at radius 2 is 1.97 bits per heavy atom. The lowest BCUT2D eigenvalue weighted by Gasteiger charge is -2.24. The fourth-order valence-electron chi connectivity index (χ4n) is 3.43. The first kappa shape index (κ1) is 23.6. The number of thiazole rings is 1. The zero-order chi connectivity index (χ0) is 23.5. The Kier molecular flexibility index (Phi) is 7.12. The summed E-state index contributed by atoms with van der Waals surface area (Å²) in [5.74, 6) is -1.04. The molecule has 0 aliphatic carbocycles. The number of likely N-dealkylation sites (tertiary alicyclic amines) is 1. The summed E-state index contributed by atoms with van der Waals surface area (Å²) in [6.07, 6.45) is 0.551. The number of carbonyl (C=O) groups is 4. The zero-order valence-corrected chi connectivity index (χ0v) is 19.5. The van der Waals surface area contributed by atoms with Crippen LogP contribution in [0.5, 0.6) is 0 Å². The summed E-state index contributed by atoms with van der Waals surface area (Å²) in [6, 6.07) is 6.05. The van der Waals surface area contributed by atoms with E-state index in [1.54, 1.807) is 20.8 Å². The van der Waals surface area contributed by atoms with Crippen molar-refractivity contribution >= 4 is 45.2 Å². The Balaban J connectivity index is 1.55. The number of benzene rings is 1. The van der Waals surface area contributed by atoms with E-state index in [-0.39, 0.29) is 18.2 Å². The highest BCUT2D eigenvalue weighted by atomic mass is 32.1. The average Bonchev–Trinajstić information content (AvgIpc) is 3.36. The van der Waals surface area contributed by atoms with E-state index >= 15 is 0 Å². The normalized spacial score (nSPS) is 17.1. The Bertz CT molecular complexity index is 996. The van der Waals surface area contributed by atoms with Gasteiger partial charge in [0.1, 0.15) is 11.6 Å². The summed E-state index contributed by atoms with van der Waals surface area (Å²) in [6.45, 7) is 6.85. The molecular formula is C22H28N4O5S. The lowest BCUT2D eigenvalue weighted by Crippen LogP contribution is -2.50. The second-order valence-electron chi connectivity index (χ2n) is 8.68. The van der Waals surface area contributed by atoms with Crippen LogP contribution in [-0.2, 0) is 14.3 Å². The van der Waals surface area contributed by atoms with E-state index in [1.807, 2.05) is 24.3 Å². The molecule has 9 nitrogen and oxygen atoms in total. The van der Waals surface area contributed by atoms with Crippen molar-refractivity contribution < 1.29 is 23.9 Å². The third kappa shape index (κ3) is 5.82. The van der Waals surface area contributed by atoms with Gasteiger partial charge < -0.3 is 20.3 Å². The number of nitrogens with one attached hydrogen (secondary N) is 2. The summed E-state index contributed by atoms with van der Waals surface area (Å²) in [7, 11) is 0. The molecule has 2 heterocycles. The van der Waals surface area contributed by atoms with Gasteiger partial charge in [-0.05, 0) is 52.7 Å². The second kappa shape index (κ2) is 9.64. The van der Waals surface area contributed by atoms with E-state index in [1.165, 1.54) is 23.2 Å². The molecule has 2 aromatic rings. The zero-order valence-electron chi connectivity index (χ0n) is 18.6. The van der Waals surface area contributed by atoms with Crippen molar-refractivity contribution in [3.8, 4) is 0 Å². The molecule has 0 radical (unpaired) electrons. The van der Waals surface area contributed by atoms with Crippen LogP contribution in [0.25, 0.3) is 10.2 Å². The van der Waals surface area contributed by atoms with E-state index in [4.69, 9.17) is 4.74 Å². The minimum absolute atomic E-state index is 0.177. The Labute approximate surface area is 190 Å². The van der Waals surface area contributed by atoms with Crippen molar-refractivity contribution in [2.24, 2.45) is 0 Å². The monoisotopic (exact) mass is 460 g/mol. The minimum Gasteiger partial charge on any atom is -0.444 e. The van der Waals surface area contributed by atoms with E-state index in [0.29, 0.717) is 24.4 Å². The summed E-state index contributed by atoms with van der Waals surface area (Å²) in [5.41, 5.74) is 0.0760. The second-order valence-corrected chi connectivity index (χ2v) is 9.71. The standard InChI is InChI=1S/C22H28N4O5S/c1-13(24-21(30)31-22(2,3)4)19(29)23-12-17(27)26-11-7-9-15(26)18(28)20-25-14-8-5-6-10-16(14)32-20/h5-6,8,10,13,15H,7,9,11-12H2,1-4H3,(H,23,29)(H,24,30)/t13-,15-/m0/s1. The van der Waals surface area contributed by atoms with Gasteiger partial charge in [0.05, 0.1) is 22.8 Å². The first-order chi connectivity index (χ1) is 15.0. The van der Waals surface area contributed by atoms with Crippen LogP contribution in [0, 0.1) is 0 Å². The van der Waals surface area contributed by atoms with Crippen molar-refractivity contribution in [1.29, 1.82) is 0 Å². The van der Waals surface area contributed by atoms with Gasteiger partial charge in [0.2, 0.25) is 17.6 Å². The van der Waals surface area contributed by atoms with Gasteiger partial charge in [-0.25, -0.2) is 9.78 Å². The Morgan fingerprint density at radius 1 is 1.25 bits per heavy atom. The van der Waals surface area contributed by atoms with Crippen LogP contribution >= 0.6 is 11.3 Å². The maximum Gasteiger partial charge on any atom is 0.408 e. The number of hydrogen-bond acceptors (Lipinski definition) is 7. The number of ether oxygens (including phenoxy) is 1. The molecule has 1 fully saturated rings. The van der Waals surface area contributed by atoms with Gasteiger partial charge in [0.15, 0.2) is 5.01 Å². The topological polar surface area (TPSA) is 118 Å². The summed E-state index contributed by atoms with van der Waals surface area (Å²) >= 11 is 1.32. The third-order valence-corrected chi connectivity index (χ3v) is 5.97. The van der Waals surface area contributed by atoms with Crippen molar-refractivity contribution in [2.75, 3.05) is 13.1 Å². The molecule has 0 bridgehead atoms. The largest absolute Gasteiger partial charge is 0.444 e. The molecule has 2 atom stereocenters. The predicted molar refractivity (Wildman–Crippen MR) is 121 cm³/mol. The average molecular weight is 461 g/mol. The number of fused-ring (bicyclic) bond motifs is 1. The molecule has 172 valence electrons. The molecule has 32 heavy (non-hydrogen) atoms. The number of Topliss-reactive ketones (excluding diaryl/α,β-unsaturated/α-hetero) is 1. The SMILES string of the molecule is C[C@H](NC(=O)OC(C)(C)C)C(=O)NCC(=O)N1CCC[C@H]1C(=O)c1nc2ccccc2s1. The highest BCUT2D eigenvalue weighted by molar-refractivity contribution is 7.20. The fourth-order valence-corrected chi connectivity index (χ4v) is 4.38. The van der Waals surface area contributed by atoms with Gasteiger partial charge >= 0.3 is 6.09 Å².